The van der Waals surface area contributed by atoms with Gasteiger partial charge in [-0.1, -0.05) is 33.1 Å². The van der Waals surface area contributed by atoms with Crippen LogP contribution in [0.4, 0.5) is 4.79 Å². The SMILES string of the molecule is CCCCCC(C)COC(=O)OCC(C)O. The fourth-order valence-corrected chi connectivity index (χ4v) is 1.27. The minimum absolute atomic E-state index is 0.0109. The van der Waals surface area contributed by atoms with Crippen molar-refractivity contribution in [3.63, 3.8) is 0 Å². The van der Waals surface area contributed by atoms with E-state index in [0.29, 0.717) is 12.5 Å². The molecule has 0 fully saturated rings. The van der Waals surface area contributed by atoms with Crippen molar-refractivity contribution < 1.29 is 19.4 Å². The van der Waals surface area contributed by atoms with E-state index >= 15 is 0 Å². The first-order valence-electron chi connectivity index (χ1n) is 6.03. The van der Waals surface area contributed by atoms with Crippen LogP contribution in [-0.2, 0) is 9.47 Å². The van der Waals surface area contributed by atoms with Gasteiger partial charge in [0.2, 0.25) is 0 Å². The first-order chi connectivity index (χ1) is 7.56. The molecule has 0 heterocycles. The van der Waals surface area contributed by atoms with Crippen molar-refractivity contribution in [3.05, 3.63) is 0 Å². The van der Waals surface area contributed by atoms with Crippen LogP contribution in [0.15, 0.2) is 0 Å². The number of ether oxygens (including phenoxy) is 2. The van der Waals surface area contributed by atoms with E-state index in [1.165, 1.54) is 19.3 Å². The molecule has 0 aliphatic carbocycles. The Morgan fingerprint density at radius 3 is 2.38 bits per heavy atom. The highest BCUT2D eigenvalue weighted by molar-refractivity contribution is 5.59. The summed E-state index contributed by atoms with van der Waals surface area (Å²) < 4.78 is 9.58. The highest BCUT2D eigenvalue weighted by Gasteiger charge is 2.09. The number of carbonyl (C=O) groups is 1. The Bertz CT molecular complexity index is 180. The normalized spacial score (nSPS) is 14.2. The maximum atomic E-state index is 11.0. The Morgan fingerprint density at radius 1 is 1.19 bits per heavy atom. The predicted octanol–water partition coefficient (Wildman–Crippen LogP) is 2.74. The molecule has 0 rings (SSSR count). The standard InChI is InChI=1S/C12H24O4/c1-4-5-6-7-10(2)8-15-12(14)16-9-11(3)13/h10-11,13H,4-9H2,1-3H3. The van der Waals surface area contributed by atoms with Gasteiger partial charge < -0.3 is 14.6 Å². The van der Waals surface area contributed by atoms with E-state index in [-0.39, 0.29) is 6.61 Å². The largest absolute Gasteiger partial charge is 0.508 e. The maximum absolute atomic E-state index is 11.0. The molecule has 0 bridgehead atoms. The molecule has 0 aromatic heterocycles. The summed E-state index contributed by atoms with van der Waals surface area (Å²) in [4.78, 5) is 11.0. The van der Waals surface area contributed by atoms with Crippen molar-refractivity contribution in [2.45, 2.75) is 52.6 Å². The number of carbonyl (C=O) groups excluding carboxylic acids is 1. The Morgan fingerprint density at radius 2 is 1.81 bits per heavy atom. The molecular weight excluding hydrogens is 208 g/mol. The zero-order chi connectivity index (χ0) is 12.4. The summed E-state index contributed by atoms with van der Waals surface area (Å²) in [7, 11) is 0. The number of rotatable bonds is 8. The number of hydrogen-bond acceptors (Lipinski definition) is 4. The molecule has 2 unspecified atom stereocenters. The van der Waals surface area contributed by atoms with E-state index in [0.717, 1.165) is 6.42 Å². The average molecular weight is 232 g/mol. The van der Waals surface area contributed by atoms with Gasteiger partial charge in [-0.2, -0.15) is 0 Å². The van der Waals surface area contributed by atoms with Crippen LogP contribution in [0, 0.1) is 5.92 Å². The monoisotopic (exact) mass is 232 g/mol. The van der Waals surface area contributed by atoms with Gasteiger partial charge in [-0.05, 0) is 19.3 Å². The predicted molar refractivity (Wildman–Crippen MR) is 62.3 cm³/mol. The van der Waals surface area contributed by atoms with Gasteiger partial charge >= 0.3 is 6.16 Å². The van der Waals surface area contributed by atoms with Gasteiger partial charge in [0.15, 0.2) is 0 Å². The van der Waals surface area contributed by atoms with E-state index in [1.54, 1.807) is 6.92 Å². The van der Waals surface area contributed by atoms with Crippen molar-refractivity contribution in [2.24, 2.45) is 5.92 Å². The molecule has 0 aromatic carbocycles. The van der Waals surface area contributed by atoms with Crippen molar-refractivity contribution in [3.8, 4) is 0 Å². The third kappa shape index (κ3) is 9.77. The van der Waals surface area contributed by atoms with E-state index < -0.39 is 12.3 Å². The fourth-order valence-electron chi connectivity index (χ4n) is 1.27. The number of hydrogen-bond donors (Lipinski definition) is 1. The topological polar surface area (TPSA) is 55.8 Å². The van der Waals surface area contributed by atoms with Gasteiger partial charge in [-0.15, -0.1) is 0 Å². The van der Waals surface area contributed by atoms with Crippen LogP contribution in [0.1, 0.15) is 46.5 Å². The van der Waals surface area contributed by atoms with Gasteiger partial charge in [0.25, 0.3) is 0 Å². The molecule has 0 saturated heterocycles. The molecule has 0 amide bonds. The van der Waals surface area contributed by atoms with E-state index in [9.17, 15) is 4.79 Å². The highest BCUT2D eigenvalue weighted by atomic mass is 16.7. The lowest BCUT2D eigenvalue weighted by molar-refractivity contribution is 0.0173. The first-order valence-corrected chi connectivity index (χ1v) is 6.03. The lowest BCUT2D eigenvalue weighted by atomic mass is 10.0. The van der Waals surface area contributed by atoms with Crippen LogP contribution in [0.3, 0.4) is 0 Å². The van der Waals surface area contributed by atoms with E-state index in [1.807, 2.05) is 0 Å². The average Bonchev–Trinajstić information content (AvgIpc) is 2.24. The van der Waals surface area contributed by atoms with Gasteiger partial charge in [0.1, 0.15) is 6.61 Å². The third-order valence-corrected chi connectivity index (χ3v) is 2.23. The molecule has 0 saturated carbocycles. The van der Waals surface area contributed by atoms with Crippen LogP contribution < -0.4 is 0 Å². The molecule has 16 heavy (non-hydrogen) atoms. The van der Waals surface area contributed by atoms with Gasteiger partial charge in [-0.25, -0.2) is 4.79 Å². The lowest BCUT2D eigenvalue weighted by Crippen LogP contribution is -2.18. The van der Waals surface area contributed by atoms with Crippen LogP contribution >= 0.6 is 0 Å². The van der Waals surface area contributed by atoms with Crippen molar-refractivity contribution in [1.29, 1.82) is 0 Å². The number of aliphatic hydroxyl groups is 1. The molecule has 2 atom stereocenters. The summed E-state index contributed by atoms with van der Waals surface area (Å²) in [5.74, 6) is 0.366. The summed E-state index contributed by atoms with van der Waals surface area (Å²) in [5, 5.41) is 8.89. The smallest absolute Gasteiger partial charge is 0.434 e. The third-order valence-electron chi connectivity index (χ3n) is 2.23. The summed E-state index contributed by atoms with van der Waals surface area (Å²) in [6, 6.07) is 0. The molecule has 4 nitrogen and oxygen atoms in total. The molecule has 96 valence electrons. The van der Waals surface area contributed by atoms with Gasteiger partial charge in [0, 0.05) is 0 Å². The molecule has 0 radical (unpaired) electrons. The molecule has 0 aliphatic rings. The highest BCUT2D eigenvalue weighted by Crippen LogP contribution is 2.09. The van der Waals surface area contributed by atoms with Crippen LogP contribution in [0.2, 0.25) is 0 Å². The van der Waals surface area contributed by atoms with Crippen molar-refractivity contribution in [1.82, 2.24) is 0 Å². The number of aliphatic hydroxyl groups excluding tert-OH is 1. The second-order valence-electron chi connectivity index (χ2n) is 4.32. The van der Waals surface area contributed by atoms with Crippen LogP contribution in [0.25, 0.3) is 0 Å². The zero-order valence-electron chi connectivity index (χ0n) is 10.6. The minimum atomic E-state index is -0.691. The Kier molecular flexibility index (Phi) is 9.00. The van der Waals surface area contributed by atoms with Crippen LogP contribution in [0.5, 0.6) is 0 Å². The summed E-state index contributed by atoms with van der Waals surface area (Å²) in [6.07, 6.45) is 3.32. The molecule has 4 heteroatoms. The Hall–Kier alpha value is -0.770. The second-order valence-corrected chi connectivity index (χ2v) is 4.32. The maximum Gasteiger partial charge on any atom is 0.508 e. The van der Waals surface area contributed by atoms with Gasteiger partial charge in [-0.3, -0.25) is 0 Å². The minimum Gasteiger partial charge on any atom is -0.434 e. The number of unbranched alkanes of at least 4 members (excludes halogenated alkanes) is 2. The van der Waals surface area contributed by atoms with Crippen LogP contribution in [-0.4, -0.2) is 30.6 Å². The first kappa shape index (κ1) is 15.2. The van der Waals surface area contributed by atoms with Crippen molar-refractivity contribution >= 4 is 6.16 Å². The fraction of sp³-hybridized carbons (Fsp3) is 0.917. The summed E-state index contributed by atoms with van der Waals surface area (Å²) in [5.41, 5.74) is 0. The second kappa shape index (κ2) is 9.46. The van der Waals surface area contributed by atoms with E-state index in [2.05, 4.69) is 18.6 Å². The van der Waals surface area contributed by atoms with E-state index in [4.69, 9.17) is 9.84 Å². The molecule has 0 spiro atoms. The quantitative estimate of drug-likeness (QED) is 0.516. The van der Waals surface area contributed by atoms with Crippen molar-refractivity contribution in [2.75, 3.05) is 13.2 Å². The molecule has 0 aliphatic heterocycles. The Labute approximate surface area is 97.9 Å². The lowest BCUT2D eigenvalue weighted by Gasteiger charge is -2.12. The summed E-state index contributed by atoms with van der Waals surface area (Å²) in [6.45, 7) is 6.15. The Balaban J connectivity index is 3.43. The zero-order valence-corrected chi connectivity index (χ0v) is 10.6. The van der Waals surface area contributed by atoms with Gasteiger partial charge in [0.05, 0.1) is 12.7 Å². The molecule has 1 N–H and O–H groups in total. The summed E-state index contributed by atoms with van der Waals surface area (Å²) >= 11 is 0. The molecule has 0 aromatic rings. The molecular formula is C12H24O4.